The van der Waals surface area contributed by atoms with Crippen LogP contribution < -0.4 is 0 Å². The summed E-state index contributed by atoms with van der Waals surface area (Å²) in [6.07, 6.45) is 1.07. The summed E-state index contributed by atoms with van der Waals surface area (Å²) in [6, 6.07) is 0. The molecule has 2 heterocycles. The van der Waals surface area contributed by atoms with Crippen molar-refractivity contribution in [3.63, 3.8) is 0 Å². The maximum Gasteiger partial charge on any atom is 0.253 e. The smallest absolute Gasteiger partial charge is 0.253 e. The van der Waals surface area contributed by atoms with Gasteiger partial charge in [-0.25, -0.2) is 4.98 Å². The molecule has 0 spiro atoms. The predicted octanol–water partition coefficient (Wildman–Crippen LogP) is 2.45. The van der Waals surface area contributed by atoms with Gasteiger partial charge >= 0.3 is 0 Å². The summed E-state index contributed by atoms with van der Waals surface area (Å²) < 4.78 is 1.65. The zero-order valence-electron chi connectivity index (χ0n) is 11.0. The summed E-state index contributed by atoms with van der Waals surface area (Å²) >= 11 is 1.61. The maximum atomic E-state index is 11.6. The van der Waals surface area contributed by atoms with Crippen LogP contribution in [0.5, 0.6) is 0 Å². The lowest BCUT2D eigenvalue weighted by molar-refractivity contribution is 0.101. The molecule has 0 fully saturated rings. The summed E-state index contributed by atoms with van der Waals surface area (Å²) in [5.41, 5.74) is 2.16. The van der Waals surface area contributed by atoms with Gasteiger partial charge in [0.15, 0.2) is 5.78 Å². The molecule has 0 aliphatic heterocycles. The van der Waals surface area contributed by atoms with Crippen molar-refractivity contribution in [1.29, 1.82) is 0 Å². The third-order valence-corrected chi connectivity index (χ3v) is 3.71. The minimum atomic E-state index is 0.0117. The zero-order valence-corrected chi connectivity index (χ0v) is 11.8. The van der Waals surface area contributed by atoms with Gasteiger partial charge in [0.05, 0.1) is 17.0 Å². The number of carbonyl (C=O) groups excluding carboxylic acids is 1. The fourth-order valence-corrected chi connectivity index (χ4v) is 2.59. The minimum absolute atomic E-state index is 0.0117. The SMILES string of the molecule is CCCSc1nc2nc(C)c(C(C)=O)c(C)n2n1. The molecule has 2 aromatic heterocycles. The maximum absolute atomic E-state index is 11.6. The Morgan fingerprint density at radius 2 is 2.06 bits per heavy atom. The van der Waals surface area contributed by atoms with Crippen LogP contribution in [0.4, 0.5) is 0 Å². The van der Waals surface area contributed by atoms with Crippen molar-refractivity contribution >= 4 is 23.3 Å². The molecular weight excluding hydrogens is 248 g/mol. The van der Waals surface area contributed by atoms with E-state index in [1.165, 1.54) is 0 Å². The molecule has 0 saturated heterocycles. The van der Waals surface area contributed by atoms with E-state index in [2.05, 4.69) is 22.0 Å². The number of aryl methyl sites for hydroxylation is 2. The lowest BCUT2D eigenvalue weighted by Crippen LogP contribution is -2.09. The molecule has 2 aromatic rings. The highest BCUT2D eigenvalue weighted by molar-refractivity contribution is 7.99. The first kappa shape index (κ1) is 13.0. The number of fused-ring (bicyclic) bond motifs is 1. The van der Waals surface area contributed by atoms with Gasteiger partial charge in [-0.15, -0.1) is 5.10 Å². The Morgan fingerprint density at radius 1 is 1.33 bits per heavy atom. The van der Waals surface area contributed by atoms with Gasteiger partial charge in [-0.05, 0) is 27.2 Å². The second-order valence-electron chi connectivity index (χ2n) is 4.17. The topological polar surface area (TPSA) is 60.2 Å². The van der Waals surface area contributed by atoms with E-state index < -0.39 is 0 Å². The molecule has 0 radical (unpaired) electrons. The monoisotopic (exact) mass is 264 g/mol. The number of hydrogen-bond acceptors (Lipinski definition) is 5. The lowest BCUT2D eigenvalue weighted by atomic mass is 10.1. The third-order valence-electron chi connectivity index (χ3n) is 2.67. The Morgan fingerprint density at radius 3 is 2.67 bits per heavy atom. The summed E-state index contributed by atoms with van der Waals surface area (Å²) in [4.78, 5) is 20.3. The van der Waals surface area contributed by atoms with Crippen LogP contribution in [0.15, 0.2) is 5.16 Å². The van der Waals surface area contributed by atoms with E-state index in [9.17, 15) is 4.79 Å². The quantitative estimate of drug-likeness (QED) is 0.627. The highest BCUT2D eigenvalue weighted by Crippen LogP contribution is 2.18. The molecule has 6 heteroatoms. The molecule has 0 aromatic carbocycles. The standard InChI is InChI=1S/C12H16N4OS/c1-5-6-18-12-14-11-13-7(2)10(9(4)17)8(3)16(11)15-12/h5-6H2,1-4H3. The minimum Gasteiger partial charge on any atom is -0.294 e. The second-order valence-corrected chi connectivity index (χ2v) is 5.23. The summed E-state index contributed by atoms with van der Waals surface area (Å²) in [5, 5.41) is 5.10. The van der Waals surface area contributed by atoms with Gasteiger partial charge in [-0.3, -0.25) is 4.79 Å². The fourth-order valence-electron chi connectivity index (χ4n) is 1.92. The zero-order chi connectivity index (χ0) is 13.3. The highest BCUT2D eigenvalue weighted by Gasteiger charge is 2.16. The normalized spacial score (nSPS) is 11.1. The second kappa shape index (κ2) is 5.06. The largest absolute Gasteiger partial charge is 0.294 e. The molecule has 0 bridgehead atoms. The van der Waals surface area contributed by atoms with E-state index in [1.54, 1.807) is 23.2 Å². The van der Waals surface area contributed by atoms with Crippen LogP contribution in [0, 0.1) is 13.8 Å². The van der Waals surface area contributed by atoms with Crippen LogP contribution in [0.3, 0.4) is 0 Å². The first-order valence-electron chi connectivity index (χ1n) is 5.92. The van der Waals surface area contributed by atoms with Gasteiger partial charge < -0.3 is 0 Å². The molecular formula is C12H16N4OS. The Kier molecular flexibility index (Phi) is 3.65. The summed E-state index contributed by atoms with van der Waals surface area (Å²) in [7, 11) is 0. The van der Waals surface area contributed by atoms with Crippen molar-refractivity contribution in [1.82, 2.24) is 19.6 Å². The average Bonchev–Trinajstić information content (AvgIpc) is 2.69. The van der Waals surface area contributed by atoms with Gasteiger partial charge in [0.2, 0.25) is 5.16 Å². The molecule has 0 saturated carbocycles. The molecule has 5 nitrogen and oxygen atoms in total. The number of rotatable bonds is 4. The molecule has 0 aliphatic rings. The van der Waals surface area contributed by atoms with E-state index in [0.29, 0.717) is 22.2 Å². The number of ketones is 1. The first-order valence-corrected chi connectivity index (χ1v) is 6.90. The average molecular weight is 264 g/mol. The Labute approximate surface area is 110 Å². The summed E-state index contributed by atoms with van der Waals surface area (Å²) in [6.45, 7) is 7.37. The molecule has 0 aliphatic carbocycles. The molecule has 0 amide bonds. The van der Waals surface area contributed by atoms with Crippen LogP contribution in [0.1, 0.15) is 42.0 Å². The van der Waals surface area contributed by atoms with Crippen molar-refractivity contribution in [3.8, 4) is 0 Å². The number of aromatic nitrogens is 4. The molecule has 96 valence electrons. The Hall–Kier alpha value is -1.43. The van der Waals surface area contributed by atoms with Crippen molar-refractivity contribution in [2.24, 2.45) is 0 Å². The van der Waals surface area contributed by atoms with Crippen LogP contribution in [-0.2, 0) is 0 Å². The van der Waals surface area contributed by atoms with Gasteiger partial charge in [0, 0.05) is 5.75 Å². The van der Waals surface area contributed by atoms with Crippen molar-refractivity contribution < 1.29 is 4.79 Å². The first-order chi connectivity index (χ1) is 8.54. The van der Waals surface area contributed by atoms with E-state index >= 15 is 0 Å². The van der Waals surface area contributed by atoms with Crippen LogP contribution >= 0.6 is 11.8 Å². The van der Waals surface area contributed by atoms with E-state index in [-0.39, 0.29) is 5.78 Å². The van der Waals surface area contributed by atoms with Gasteiger partial charge in [0.25, 0.3) is 5.78 Å². The fraction of sp³-hybridized carbons (Fsp3) is 0.500. The molecule has 0 atom stereocenters. The van der Waals surface area contributed by atoms with Crippen molar-refractivity contribution in [2.75, 3.05) is 5.75 Å². The van der Waals surface area contributed by atoms with Crippen molar-refractivity contribution in [3.05, 3.63) is 17.0 Å². The Balaban J connectivity index is 2.56. The highest BCUT2D eigenvalue weighted by atomic mass is 32.2. The molecule has 2 rings (SSSR count). The lowest BCUT2D eigenvalue weighted by Gasteiger charge is -2.06. The molecule has 18 heavy (non-hydrogen) atoms. The Bertz CT molecular complexity index is 606. The van der Waals surface area contributed by atoms with E-state index in [1.807, 2.05) is 13.8 Å². The predicted molar refractivity (Wildman–Crippen MR) is 71.3 cm³/mol. The molecule has 0 unspecified atom stereocenters. The number of nitrogens with zero attached hydrogens (tertiary/aromatic N) is 4. The van der Waals surface area contributed by atoms with Crippen LogP contribution in [-0.4, -0.2) is 31.1 Å². The van der Waals surface area contributed by atoms with Crippen molar-refractivity contribution in [2.45, 2.75) is 39.3 Å². The van der Waals surface area contributed by atoms with Gasteiger partial charge in [-0.1, -0.05) is 18.7 Å². The third kappa shape index (κ3) is 2.25. The van der Waals surface area contributed by atoms with Crippen LogP contribution in [0.2, 0.25) is 0 Å². The number of hydrogen-bond donors (Lipinski definition) is 0. The van der Waals surface area contributed by atoms with Gasteiger partial charge in [0.1, 0.15) is 0 Å². The number of thioether (sulfide) groups is 1. The van der Waals surface area contributed by atoms with E-state index in [0.717, 1.165) is 17.9 Å². The van der Waals surface area contributed by atoms with Gasteiger partial charge in [-0.2, -0.15) is 9.50 Å². The number of Topliss-reactive ketones (excluding diaryl/α,β-unsaturated/α-hetero) is 1. The van der Waals surface area contributed by atoms with Crippen LogP contribution in [0.25, 0.3) is 5.78 Å². The number of carbonyl (C=O) groups is 1. The summed E-state index contributed by atoms with van der Waals surface area (Å²) in [5.74, 6) is 1.56. The molecule has 0 N–H and O–H groups in total. The van der Waals surface area contributed by atoms with E-state index in [4.69, 9.17) is 0 Å².